The van der Waals surface area contributed by atoms with E-state index in [2.05, 4.69) is 70.2 Å². The van der Waals surface area contributed by atoms with Crippen molar-refractivity contribution in [2.24, 2.45) is 0 Å². The maximum absolute atomic E-state index is 14.7. The first-order chi connectivity index (χ1) is 18.6. The molecule has 0 aromatic heterocycles. The molecule has 0 aliphatic heterocycles. The number of ketones is 1. The third-order valence-electron chi connectivity index (χ3n) is 8.90. The molecular weight excluding hydrogens is 483 g/mol. The van der Waals surface area contributed by atoms with Gasteiger partial charge in [0.2, 0.25) is 0 Å². The number of carbonyl (C=O) groups is 1. The van der Waals surface area contributed by atoms with Gasteiger partial charge < -0.3 is 5.11 Å². The van der Waals surface area contributed by atoms with Gasteiger partial charge >= 0.3 is 0 Å². The fourth-order valence-electron chi connectivity index (χ4n) is 6.38. The maximum atomic E-state index is 14.7. The molecule has 3 heteroatoms. The molecule has 1 aliphatic rings. The van der Waals surface area contributed by atoms with E-state index < -0.39 is 5.60 Å². The molecule has 39 heavy (non-hydrogen) atoms. The van der Waals surface area contributed by atoms with E-state index in [1.54, 1.807) is 12.1 Å². The van der Waals surface area contributed by atoms with Gasteiger partial charge in [0.05, 0.1) is 5.60 Å². The molecule has 1 fully saturated rings. The Morgan fingerprint density at radius 1 is 0.923 bits per heavy atom. The first kappa shape index (κ1) is 29.0. The summed E-state index contributed by atoms with van der Waals surface area (Å²) in [5, 5.41) is 10.9. The van der Waals surface area contributed by atoms with Gasteiger partial charge in [0.15, 0.2) is 0 Å². The summed E-state index contributed by atoms with van der Waals surface area (Å²) in [6.45, 7) is 10.2. The van der Waals surface area contributed by atoms with Crippen LogP contribution >= 0.6 is 0 Å². The van der Waals surface area contributed by atoms with Crippen LogP contribution in [0, 0.1) is 19.7 Å². The molecule has 0 unspecified atom stereocenters. The van der Waals surface area contributed by atoms with Gasteiger partial charge in [-0.1, -0.05) is 93.8 Å². The molecule has 3 aromatic rings. The highest BCUT2D eigenvalue weighted by Gasteiger charge is 2.31. The molecule has 0 bridgehead atoms. The Morgan fingerprint density at radius 3 is 2.13 bits per heavy atom. The van der Waals surface area contributed by atoms with Crippen LogP contribution in [0.3, 0.4) is 0 Å². The lowest BCUT2D eigenvalue weighted by Crippen LogP contribution is -2.28. The Kier molecular flexibility index (Phi) is 8.91. The minimum atomic E-state index is -0.671. The lowest BCUT2D eigenvalue weighted by molar-refractivity contribution is -0.116. The van der Waals surface area contributed by atoms with Crippen LogP contribution in [0.15, 0.2) is 60.7 Å². The minimum Gasteiger partial charge on any atom is -0.386 e. The van der Waals surface area contributed by atoms with Gasteiger partial charge in [-0.3, -0.25) is 4.79 Å². The van der Waals surface area contributed by atoms with Crippen LogP contribution in [0.4, 0.5) is 4.39 Å². The van der Waals surface area contributed by atoms with E-state index >= 15 is 0 Å². The van der Waals surface area contributed by atoms with Crippen molar-refractivity contribution in [2.75, 3.05) is 0 Å². The number of hydrogen-bond donors (Lipinski definition) is 1. The quantitative estimate of drug-likeness (QED) is 0.302. The Hall–Kier alpha value is -3.04. The summed E-state index contributed by atoms with van der Waals surface area (Å²) in [6, 6.07) is 18.5. The van der Waals surface area contributed by atoms with E-state index in [1.165, 1.54) is 30.0 Å². The van der Waals surface area contributed by atoms with Crippen molar-refractivity contribution in [2.45, 2.75) is 97.0 Å². The fraction of sp³-hybridized carbons (Fsp3) is 0.417. The zero-order chi connectivity index (χ0) is 28.2. The fourth-order valence-corrected chi connectivity index (χ4v) is 6.38. The van der Waals surface area contributed by atoms with Gasteiger partial charge in [-0.15, -0.1) is 0 Å². The summed E-state index contributed by atoms with van der Waals surface area (Å²) in [5.74, 6) is -0.374. The number of aliphatic hydroxyl groups is 1. The minimum absolute atomic E-state index is 0.0431. The first-order valence-electron chi connectivity index (χ1n) is 14.5. The second kappa shape index (κ2) is 12.0. The Labute approximate surface area is 234 Å². The molecule has 1 saturated carbocycles. The summed E-state index contributed by atoms with van der Waals surface area (Å²) in [4.78, 5) is 11.5. The average molecular weight is 527 g/mol. The van der Waals surface area contributed by atoms with Crippen molar-refractivity contribution in [3.63, 3.8) is 0 Å². The molecule has 0 spiro atoms. The molecule has 0 saturated heterocycles. The van der Waals surface area contributed by atoms with Crippen LogP contribution in [-0.2, 0) is 16.6 Å². The van der Waals surface area contributed by atoms with Gasteiger partial charge in [-0.05, 0) is 97.0 Å². The zero-order valence-corrected chi connectivity index (χ0v) is 24.2. The van der Waals surface area contributed by atoms with E-state index in [-0.39, 0.29) is 23.4 Å². The predicted octanol–water partition coefficient (Wildman–Crippen LogP) is 9.06. The highest BCUT2D eigenvalue weighted by atomic mass is 19.1. The van der Waals surface area contributed by atoms with Crippen LogP contribution in [-0.4, -0.2) is 16.5 Å². The number of Topliss-reactive ketones (excluding diaryl/α,β-unsaturated/α-hetero) is 1. The second-order valence-electron chi connectivity index (χ2n) is 11.6. The zero-order valence-electron chi connectivity index (χ0n) is 24.2. The monoisotopic (exact) mass is 526 g/mol. The topological polar surface area (TPSA) is 37.3 Å². The van der Waals surface area contributed by atoms with Crippen LogP contribution in [0.5, 0.6) is 0 Å². The van der Waals surface area contributed by atoms with Crippen LogP contribution in [0.2, 0.25) is 0 Å². The molecule has 1 N–H and O–H groups in total. The van der Waals surface area contributed by atoms with E-state index in [0.717, 1.165) is 60.8 Å². The van der Waals surface area contributed by atoms with Crippen molar-refractivity contribution in [3.8, 4) is 11.1 Å². The lowest BCUT2D eigenvalue weighted by Gasteiger charge is -2.34. The van der Waals surface area contributed by atoms with Crippen LogP contribution in [0.25, 0.3) is 17.2 Å². The number of benzene rings is 3. The summed E-state index contributed by atoms with van der Waals surface area (Å²) >= 11 is 0. The lowest BCUT2D eigenvalue weighted by atomic mass is 9.69. The molecule has 3 aromatic carbocycles. The highest BCUT2D eigenvalue weighted by Crippen LogP contribution is 2.41. The molecule has 0 radical (unpaired) electrons. The van der Waals surface area contributed by atoms with E-state index in [9.17, 15) is 14.3 Å². The maximum Gasteiger partial charge on any atom is 0.134 e. The normalized spacial score (nSPS) is 15.6. The Balaban J connectivity index is 1.65. The number of hydrogen-bond acceptors (Lipinski definition) is 2. The number of rotatable bonds is 9. The van der Waals surface area contributed by atoms with E-state index in [4.69, 9.17) is 0 Å². The van der Waals surface area contributed by atoms with Crippen LogP contribution in [0.1, 0.15) is 99.1 Å². The summed E-state index contributed by atoms with van der Waals surface area (Å²) in [7, 11) is 0. The van der Waals surface area contributed by atoms with Crippen molar-refractivity contribution >= 4 is 11.9 Å². The van der Waals surface area contributed by atoms with Crippen molar-refractivity contribution < 1.29 is 14.3 Å². The highest BCUT2D eigenvalue weighted by molar-refractivity contribution is 5.78. The second-order valence-corrected chi connectivity index (χ2v) is 11.6. The Morgan fingerprint density at radius 2 is 1.56 bits per heavy atom. The smallest absolute Gasteiger partial charge is 0.134 e. The van der Waals surface area contributed by atoms with Gasteiger partial charge in [0.25, 0.3) is 0 Å². The van der Waals surface area contributed by atoms with Crippen molar-refractivity contribution in [1.82, 2.24) is 0 Å². The predicted molar refractivity (Wildman–Crippen MR) is 161 cm³/mol. The largest absolute Gasteiger partial charge is 0.386 e. The summed E-state index contributed by atoms with van der Waals surface area (Å²) < 4.78 is 14.7. The number of halogens is 1. The molecule has 0 amide bonds. The van der Waals surface area contributed by atoms with Gasteiger partial charge in [0.1, 0.15) is 11.6 Å². The SMILES string of the molecule is CCC(CC)(c1ccc(/C=C/C2(O)CCCCC2)c(C)c1)c1ccc(-c2ccc(CC(C)=O)c(F)c2)c(C)c1. The third kappa shape index (κ3) is 6.25. The van der Waals surface area contributed by atoms with E-state index in [0.29, 0.717) is 5.56 Å². The average Bonchev–Trinajstić information content (AvgIpc) is 2.91. The molecule has 1 aliphatic carbocycles. The van der Waals surface area contributed by atoms with Crippen LogP contribution < -0.4 is 0 Å². The van der Waals surface area contributed by atoms with Gasteiger partial charge in [-0.2, -0.15) is 0 Å². The van der Waals surface area contributed by atoms with Gasteiger partial charge in [0, 0.05) is 11.8 Å². The van der Waals surface area contributed by atoms with E-state index in [1.807, 2.05) is 12.1 Å². The standard InChI is InChI=1S/C36H43FO2/c1-6-36(7-2,31-14-13-28(25(3)21-31)17-20-35(39)18-9-8-10-19-35)32-15-16-33(26(4)22-32)29-11-12-30(23-27(5)38)34(37)24-29/h11-17,20-22,24,39H,6-10,18-19,23H2,1-5H3/b20-17+. The van der Waals surface area contributed by atoms with Crippen molar-refractivity contribution in [3.05, 3.63) is 99.9 Å². The molecule has 0 atom stereocenters. The molecule has 206 valence electrons. The molecule has 2 nitrogen and oxygen atoms in total. The summed E-state index contributed by atoms with van der Waals surface area (Å²) in [6.07, 6.45) is 11.2. The molecular formula is C36H43FO2. The van der Waals surface area contributed by atoms with Gasteiger partial charge in [-0.25, -0.2) is 4.39 Å². The Bertz CT molecular complexity index is 1360. The summed E-state index contributed by atoms with van der Waals surface area (Å²) in [5.41, 5.74) is 7.51. The number of aryl methyl sites for hydroxylation is 2. The third-order valence-corrected chi connectivity index (χ3v) is 8.90. The first-order valence-corrected chi connectivity index (χ1v) is 14.5. The molecule has 0 heterocycles. The van der Waals surface area contributed by atoms with Crippen molar-refractivity contribution in [1.29, 1.82) is 0 Å². The molecule has 4 rings (SSSR count). The number of carbonyl (C=O) groups excluding carboxylic acids is 1.